The highest BCUT2D eigenvalue weighted by Gasteiger charge is 2.17. The Kier molecular flexibility index (Phi) is 5.06. The summed E-state index contributed by atoms with van der Waals surface area (Å²) in [7, 11) is 2.15. The molecule has 2 rings (SSSR count). The highest BCUT2D eigenvalue weighted by Crippen LogP contribution is 2.17. The summed E-state index contributed by atoms with van der Waals surface area (Å²) in [5, 5.41) is 3.65. The lowest BCUT2D eigenvalue weighted by atomic mass is 9.97. The molecule has 0 amide bonds. The Morgan fingerprint density at radius 1 is 1.26 bits per heavy atom. The lowest BCUT2D eigenvalue weighted by Crippen LogP contribution is -2.36. The lowest BCUT2D eigenvalue weighted by molar-refractivity contribution is 0.190. The molecule has 0 atom stereocenters. The summed E-state index contributed by atoms with van der Waals surface area (Å²) in [5.41, 5.74) is 4.20. The van der Waals surface area contributed by atoms with Crippen LogP contribution in [0.1, 0.15) is 36.7 Å². The summed E-state index contributed by atoms with van der Waals surface area (Å²) in [4.78, 5) is 2.56. The van der Waals surface area contributed by atoms with Crippen molar-refractivity contribution in [3.05, 3.63) is 23.0 Å². The minimum atomic E-state index is 0.868. The van der Waals surface area contributed by atoms with E-state index in [1.165, 1.54) is 56.0 Å². The average Bonchev–Trinajstić information content (AvgIpc) is 2.67. The Balaban J connectivity index is 1.73. The Morgan fingerprint density at radius 2 is 1.95 bits per heavy atom. The zero-order valence-corrected chi connectivity index (χ0v) is 13.0. The molecule has 19 heavy (non-hydrogen) atoms. The Morgan fingerprint density at radius 3 is 2.47 bits per heavy atom. The highest BCUT2D eigenvalue weighted by molar-refractivity contribution is 5.26. The summed E-state index contributed by atoms with van der Waals surface area (Å²) >= 11 is 0. The van der Waals surface area contributed by atoms with E-state index < -0.39 is 0 Å². The minimum Gasteiger partial charge on any atom is -0.352 e. The van der Waals surface area contributed by atoms with Crippen LogP contribution in [-0.4, -0.2) is 35.6 Å². The minimum absolute atomic E-state index is 0.868. The first-order valence-corrected chi connectivity index (χ1v) is 7.66. The van der Waals surface area contributed by atoms with E-state index in [4.69, 9.17) is 0 Å². The first-order chi connectivity index (χ1) is 9.11. The van der Waals surface area contributed by atoms with E-state index in [1.54, 1.807) is 0 Å². The van der Waals surface area contributed by atoms with Crippen LogP contribution in [0.5, 0.6) is 0 Å². The van der Waals surface area contributed by atoms with E-state index in [9.17, 15) is 0 Å². The molecule has 1 aromatic heterocycles. The van der Waals surface area contributed by atoms with Gasteiger partial charge in [0.25, 0.3) is 0 Å². The van der Waals surface area contributed by atoms with E-state index in [0.717, 1.165) is 12.5 Å². The third-order valence-electron chi connectivity index (χ3n) is 4.78. The van der Waals surface area contributed by atoms with Crippen LogP contribution >= 0.6 is 0 Å². The summed E-state index contributed by atoms with van der Waals surface area (Å²) in [6, 6.07) is 2.31. The van der Waals surface area contributed by atoms with Crippen molar-refractivity contribution in [2.45, 2.75) is 40.2 Å². The molecule has 1 fully saturated rings. The predicted octanol–water partition coefficient (Wildman–Crippen LogP) is 2.46. The van der Waals surface area contributed by atoms with Gasteiger partial charge in [0, 0.05) is 25.0 Å². The molecule has 1 N–H and O–H groups in total. The summed E-state index contributed by atoms with van der Waals surface area (Å²) in [5.74, 6) is 0.868. The van der Waals surface area contributed by atoms with Gasteiger partial charge in [0.2, 0.25) is 0 Å². The molecule has 0 spiro atoms. The fourth-order valence-corrected chi connectivity index (χ4v) is 3.03. The Hall–Kier alpha value is -0.800. The van der Waals surface area contributed by atoms with Crippen LogP contribution < -0.4 is 5.32 Å². The summed E-state index contributed by atoms with van der Waals surface area (Å²) < 4.78 is 2.27. The van der Waals surface area contributed by atoms with Gasteiger partial charge in [0.1, 0.15) is 0 Å². The molecule has 1 aromatic rings. The van der Waals surface area contributed by atoms with E-state index in [1.807, 2.05) is 0 Å². The fourth-order valence-electron chi connectivity index (χ4n) is 3.03. The summed E-state index contributed by atoms with van der Waals surface area (Å²) in [6.45, 7) is 12.6. The number of aromatic nitrogens is 1. The van der Waals surface area contributed by atoms with Gasteiger partial charge < -0.3 is 14.8 Å². The molecule has 1 saturated heterocycles. The van der Waals surface area contributed by atoms with Crippen molar-refractivity contribution < 1.29 is 0 Å². The van der Waals surface area contributed by atoms with E-state index in [-0.39, 0.29) is 0 Å². The predicted molar refractivity (Wildman–Crippen MR) is 81.4 cm³/mol. The molecular formula is C16H29N3. The lowest BCUT2D eigenvalue weighted by Gasteiger charge is -2.31. The average molecular weight is 263 g/mol. The van der Waals surface area contributed by atoms with Gasteiger partial charge in [-0.3, -0.25) is 0 Å². The number of likely N-dealkylation sites (tertiary alicyclic amines) is 1. The first kappa shape index (κ1) is 14.6. The van der Waals surface area contributed by atoms with Gasteiger partial charge >= 0.3 is 0 Å². The highest BCUT2D eigenvalue weighted by atomic mass is 15.1. The topological polar surface area (TPSA) is 20.2 Å². The van der Waals surface area contributed by atoms with Gasteiger partial charge in [-0.25, -0.2) is 0 Å². The van der Waals surface area contributed by atoms with Crippen molar-refractivity contribution in [2.75, 3.05) is 26.2 Å². The number of rotatable bonds is 5. The number of hydrogen-bond donors (Lipinski definition) is 1. The second kappa shape index (κ2) is 6.58. The molecule has 0 aromatic carbocycles. The van der Waals surface area contributed by atoms with Gasteiger partial charge in [-0.15, -0.1) is 0 Å². The van der Waals surface area contributed by atoms with E-state index >= 15 is 0 Å². The maximum absolute atomic E-state index is 3.65. The molecule has 0 unspecified atom stereocenters. The number of hydrogen-bond acceptors (Lipinski definition) is 2. The Bertz CT molecular complexity index is 400. The maximum atomic E-state index is 3.65. The molecular weight excluding hydrogens is 234 g/mol. The maximum Gasteiger partial charge on any atom is 0.0223 e. The Labute approximate surface area is 118 Å². The second-order valence-corrected chi connectivity index (χ2v) is 5.96. The SMILES string of the molecule is CCN1CCC(CNCc2cc(C)n(C)c2C)CC1. The van der Waals surface area contributed by atoms with E-state index in [0.29, 0.717) is 0 Å². The zero-order chi connectivity index (χ0) is 13.8. The molecule has 0 bridgehead atoms. The molecule has 0 aliphatic carbocycles. The number of aryl methyl sites for hydroxylation is 1. The van der Waals surface area contributed by atoms with Crippen LogP contribution in [0.4, 0.5) is 0 Å². The number of nitrogens with zero attached hydrogens (tertiary/aromatic N) is 2. The number of piperidine rings is 1. The van der Waals surface area contributed by atoms with Crippen LogP contribution in [-0.2, 0) is 13.6 Å². The quantitative estimate of drug-likeness (QED) is 0.880. The third kappa shape index (κ3) is 3.61. The largest absolute Gasteiger partial charge is 0.352 e. The molecule has 1 aliphatic heterocycles. The number of nitrogens with one attached hydrogen (secondary N) is 1. The van der Waals surface area contributed by atoms with Crippen LogP contribution in [0, 0.1) is 19.8 Å². The van der Waals surface area contributed by atoms with Crippen molar-refractivity contribution in [1.29, 1.82) is 0 Å². The van der Waals surface area contributed by atoms with Crippen LogP contribution in [0.3, 0.4) is 0 Å². The van der Waals surface area contributed by atoms with Gasteiger partial charge in [-0.2, -0.15) is 0 Å². The van der Waals surface area contributed by atoms with Gasteiger partial charge in [-0.1, -0.05) is 6.92 Å². The van der Waals surface area contributed by atoms with Crippen LogP contribution in [0.2, 0.25) is 0 Å². The van der Waals surface area contributed by atoms with Crippen LogP contribution in [0.15, 0.2) is 6.07 Å². The molecule has 0 radical (unpaired) electrons. The molecule has 3 nitrogen and oxygen atoms in total. The van der Waals surface area contributed by atoms with Crippen molar-refractivity contribution in [1.82, 2.24) is 14.8 Å². The molecule has 0 saturated carbocycles. The monoisotopic (exact) mass is 263 g/mol. The van der Waals surface area contributed by atoms with Gasteiger partial charge in [0.05, 0.1) is 0 Å². The second-order valence-electron chi connectivity index (χ2n) is 5.96. The molecule has 2 heterocycles. The van der Waals surface area contributed by atoms with Gasteiger partial charge in [0.15, 0.2) is 0 Å². The third-order valence-corrected chi connectivity index (χ3v) is 4.78. The zero-order valence-electron chi connectivity index (χ0n) is 13.0. The molecule has 1 aliphatic rings. The normalized spacial score (nSPS) is 18.1. The standard InChI is InChI=1S/C16H29N3/c1-5-19-8-6-15(7-9-19)11-17-12-16-10-13(2)18(4)14(16)3/h10,15,17H,5-9,11-12H2,1-4H3. The summed E-state index contributed by atoms with van der Waals surface area (Å²) in [6.07, 6.45) is 2.71. The van der Waals surface area contributed by atoms with E-state index in [2.05, 4.69) is 48.7 Å². The molecule has 108 valence electrons. The van der Waals surface area contributed by atoms with Crippen LogP contribution in [0.25, 0.3) is 0 Å². The fraction of sp³-hybridized carbons (Fsp3) is 0.750. The van der Waals surface area contributed by atoms with Crippen molar-refractivity contribution in [2.24, 2.45) is 13.0 Å². The van der Waals surface area contributed by atoms with Gasteiger partial charge in [-0.05, 0) is 70.4 Å². The van der Waals surface area contributed by atoms with Crippen molar-refractivity contribution >= 4 is 0 Å². The van der Waals surface area contributed by atoms with Crippen molar-refractivity contribution in [3.8, 4) is 0 Å². The van der Waals surface area contributed by atoms with Crippen molar-refractivity contribution in [3.63, 3.8) is 0 Å². The first-order valence-electron chi connectivity index (χ1n) is 7.66. The smallest absolute Gasteiger partial charge is 0.0223 e. The molecule has 3 heteroatoms.